The van der Waals surface area contributed by atoms with Crippen LogP contribution in [0.15, 0.2) is 0 Å². The van der Waals surface area contributed by atoms with Crippen molar-refractivity contribution in [3.8, 4) is 6.07 Å². The summed E-state index contributed by atoms with van der Waals surface area (Å²) in [6.45, 7) is 1.88. The molecule has 0 radical (unpaired) electrons. The third-order valence-corrected chi connectivity index (χ3v) is 0.838. The Morgan fingerprint density at radius 2 is 2.29 bits per heavy atom. The zero-order valence-electron chi connectivity index (χ0n) is 5.51. The summed E-state index contributed by atoms with van der Waals surface area (Å²) >= 11 is 0. The molecule has 1 rings (SSSR count). The van der Waals surface area contributed by atoms with Crippen LogP contribution in [-0.4, -0.2) is 12.2 Å². The van der Waals surface area contributed by atoms with Gasteiger partial charge in [-0.15, -0.1) is 0 Å². The number of hydrogen-bond donors (Lipinski definition) is 0. The zero-order chi connectivity index (χ0) is 4.57. The molecule has 0 aromatic heterocycles. The maximum atomic E-state index is 8.00. The normalized spacial score (nSPS) is 35.4. The van der Waals surface area contributed by atoms with E-state index < -0.39 is 0 Å². The second kappa shape index (κ2) is 2.68. The summed E-state index contributed by atoms with van der Waals surface area (Å²) in [6, 6.07) is 1.97. The summed E-state index contributed by atoms with van der Waals surface area (Å²) in [5.74, 6) is 0. The van der Waals surface area contributed by atoms with E-state index in [1.54, 1.807) is 0 Å². The van der Waals surface area contributed by atoms with Crippen LogP contribution in [0.25, 0.3) is 0 Å². The molecule has 2 nitrogen and oxygen atoms in total. The fraction of sp³-hybridized carbons (Fsp3) is 0.750. The first kappa shape index (κ1) is 7.45. The van der Waals surface area contributed by atoms with Gasteiger partial charge in [-0.05, 0) is 6.92 Å². The zero-order valence-corrected chi connectivity index (χ0v) is 6.51. The molecule has 1 aliphatic rings. The molecule has 0 saturated carbocycles. The molecule has 0 aliphatic carbocycles. The van der Waals surface area contributed by atoms with E-state index in [1.807, 2.05) is 13.0 Å². The van der Waals surface area contributed by atoms with Gasteiger partial charge in [0.1, 0.15) is 0 Å². The number of hydrogen-bond acceptors (Lipinski definition) is 2. The molecular formula is C4H6NNaO. The molecule has 1 heterocycles. The molecule has 1 aliphatic heterocycles. The summed E-state index contributed by atoms with van der Waals surface area (Å²) in [7, 11) is 0. The number of rotatable bonds is 0. The van der Waals surface area contributed by atoms with Gasteiger partial charge in [0.15, 0.2) is 6.10 Å². The smallest absolute Gasteiger partial charge is 1.00 e. The minimum absolute atomic E-state index is 0. The summed E-state index contributed by atoms with van der Waals surface area (Å²) in [5, 5.41) is 8.00. The SMILES string of the molecule is CC1OC1C#N.[H-].[Na+]. The standard InChI is InChI=1S/C4H5NO.Na.H/c1-3-4(2-5)6-3;;/h3-4H,1H3;;/q;+1;-1. The van der Waals surface area contributed by atoms with Gasteiger partial charge in [-0.3, -0.25) is 0 Å². The van der Waals surface area contributed by atoms with Crippen molar-refractivity contribution in [1.82, 2.24) is 0 Å². The van der Waals surface area contributed by atoms with Crippen molar-refractivity contribution in [2.24, 2.45) is 0 Å². The third-order valence-electron chi connectivity index (χ3n) is 0.838. The van der Waals surface area contributed by atoms with Crippen molar-refractivity contribution in [2.75, 3.05) is 0 Å². The Morgan fingerprint density at radius 1 is 1.86 bits per heavy atom. The Kier molecular flexibility index (Phi) is 2.86. The molecule has 7 heavy (non-hydrogen) atoms. The van der Waals surface area contributed by atoms with Crippen LogP contribution in [-0.2, 0) is 4.74 Å². The topological polar surface area (TPSA) is 36.3 Å². The minimum atomic E-state index is -0.0926. The van der Waals surface area contributed by atoms with Crippen LogP contribution in [0.2, 0.25) is 0 Å². The van der Waals surface area contributed by atoms with Gasteiger partial charge in [-0.2, -0.15) is 5.26 Å². The predicted octanol–water partition coefficient (Wildman–Crippen LogP) is -2.59. The van der Waals surface area contributed by atoms with Crippen LogP contribution >= 0.6 is 0 Å². The van der Waals surface area contributed by atoms with Crippen molar-refractivity contribution < 1.29 is 35.7 Å². The Bertz CT molecular complexity index is 103. The van der Waals surface area contributed by atoms with Gasteiger partial charge in [0.05, 0.1) is 12.2 Å². The van der Waals surface area contributed by atoms with E-state index in [-0.39, 0.29) is 43.2 Å². The molecule has 2 atom stereocenters. The van der Waals surface area contributed by atoms with Crippen molar-refractivity contribution >= 4 is 0 Å². The summed E-state index contributed by atoms with van der Waals surface area (Å²) in [4.78, 5) is 0. The van der Waals surface area contributed by atoms with Crippen LogP contribution in [0.4, 0.5) is 0 Å². The second-order valence-electron chi connectivity index (χ2n) is 1.39. The molecule has 0 aromatic rings. The van der Waals surface area contributed by atoms with E-state index in [0.29, 0.717) is 0 Å². The largest absolute Gasteiger partial charge is 1.00 e. The maximum Gasteiger partial charge on any atom is 1.00 e. The van der Waals surface area contributed by atoms with Crippen molar-refractivity contribution in [1.29, 1.82) is 5.26 Å². The molecule has 34 valence electrons. The Balaban J connectivity index is 0. The Morgan fingerprint density at radius 3 is 2.29 bits per heavy atom. The Hall–Kier alpha value is 0.450. The van der Waals surface area contributed by atoms with Gasteiger partial charge >= 0.3 is 29.6 Å². The Labute approximate surface area is 66.2 Å². The summed E-state index contributed by atoms with van der Waals surface area (Å²) in [5.41, 5.74) is 0. The molecule has 0 spiro atoms. The minimum Gasteiger partial charge on any atom is -1.00 e. The van der Waals surface area contributed by atoms with E-state index in [1.165, 1.54) is 0 Å². The predicted molar refractivity (Wildman–Crippen MR) is 21.1 cm³/mol. The van der Waals surface area contributed by atoms with Crippen LogP contribution in [0, 0.1) is 11.3 Å². The molecule has 0 bridgehead atoms. The molecule has 1 fully saturated rings. The first-order chi connectivity index (χ1) is 2.84. The first-order valence-electron chi connectivity index (χ1n) is 1.89. The van der Waals surface area contributed by atoms with E-state index in [2.05, 4.69) is 0 Å². The number of epoxide rings is 1. The van der Waals surface area contributed by atoms with Gasteiger partial charge in [0.2, 0.25) is 0 Å². The molecule has 0 amide bonds. The van der Waals surface area contributed by atoms with Gasteiger partial charge in [0.25, 0.3) is 0 Å². The summed E-state index contributed by atoms with van der Waals surface area (Å²) < 4.78 is 4.70. The van der Waals surface area contributed by atoms with E-state index in [4.69, 9.17) is 10.00 Å². The van der Waals surface area contributed by atoms with Gasteiger partial charge in [0, 0.05) is 0 Å². The van der Waals surface area contributed by atoms with E-state index >= 15 is 0 Å². The fourth-order valence-corrected chi connectivity index (χ4v) is 0.321. The average molecular weight is 107 g/mol. The average Bonchev–Trinajstić information content (AvgIpc) is 2.19. The molecule has 0 aromatic carbocycles. The third kappa shape index (κ3) is 1.79. The number of nitriles is 1. The molecule has 2 unspecified atom stereocenters. The van der Waals surface area contributed by atoms with Crippen molar-refractivity contribution in [3.05, 3.63) is 0 Å². The molecular weight excluding hydrogens is 101 g/mol. The monoisotopic (exact) mass is 107 g/mol. The molecule has 0 N–H and O–H groups in total. The maximum absolute atomic E-state index is 8.00. The van der Waals surface area contributed by atoms with Crippen molar-refractivity contribution in [2.45, 2.75) is 19.1 Å². The van der Waals surface area contributed by atoms with Crippen LogP contribution in [0.1, 0.15) is 8.35 Å². The summed E-state index contributed by atoms with van der Waals surface area (Å²) in [6.07, 6.45) is 0.111. The second-order valence-corrected chi connectivity index (χ2v) is 1.39. The number of ether oxygens (including phenoxy) is 1. The number of nitrogens with zero attached hydrogens (tertiary/aromatic N) is 1. The molecule has 1 saturated heterocycles. The van der Waals surface area contributed by atoms with Gasteiger partial charge < -0.3 is 6.16 Å². The van der Waals surface area contributed by atoms with Crippen LogP contribution < -0.4 is 29.6 Å². The molecule has 3 heteroatoms. The van der Waals surface area contributed by atoms with Crippen LogP contribution in [0.5, 0.6) is 0 Å². The van der Waals surface area contributed by atoms with E-state index in [0.717, 1.165) is 0 Å². The van der Waals surface area contributed by atoms with Gasteiger partial charge in [-0.1, -0.05) is 0 Å². The van der Waals surface area contributed by atoms with Gasteiger partial charge in [-0.25, -0.2) is 0 Å². The van der Waals surface area contributed by atoms with E-state index in [9.17, 15) is 0 Å². The van der Waals surface area contributed by atoms with Crippen LogP contribution in [0.3, 0.4) is 0 Å². The van der Waals surface area contributed by atoms with Crippen molar-refractivity contribution in [3.63, 3.8) is 0 Å². The fourth-order valence-electron chi connectivity index (χ4n) is 0.321. The quantitative estimate of drug-likeness (QED) is 0.252. The first-order valence-corrected chi connectivity index (χ1v) is 1.89.